The van der Waals surface area contributed by atoms with E-state index in [1.54, 1.807) is 12.0 Å². The Balaban J connectivity index is 0.00000480. The van der Waals surface area contributed by atoms with Gasteiger partial charge in [-0.25, -0.2) is 9.79 Å². The Bertz CT molecular complexity index is 743. The lowest BCUT2D eigenvalue weighted by atomic mass is 10.1. The largest absolute Gasteiger partial charge is 0.497 e. The summed E-state index contributed by atoms with van der Waals surface area (Å²) >= 11 is 0. The minimum atomic E-state index is -0.509. The Hall–Kier alpha value is -2.24. The smallest absolute Gasteiger partial charge is 0.410 e. The molecule has 1 saturated heterocycles. The van der Waals surface area contributed by atoms with Crippen LogP contribution >= 0.6 is 24.0 Å². The van der Waals surface area contributed by atoms with Crippen LogP contribution in [0.4, 0.5) is 4.79 Å². The molecule has 1 aromatic rings. The van der Waals surface area contributed by atoms with Crippen LogP contribution in [0.15, 0.2) is 29.3 Å². The molecule has 0 atom stereocenters. The van der Waals surface area contributed by atoms with Crippen molar-refractivity contribution in [3.05, 3.63) is 29.8 Å². The molecule has 9 nitrogen and oxygen atoms in total. The van der Waals surface area contributed by atoms with Gasteiger partial charge in [0.2, 0.25) is 5.91 Å². The zero-order valence-electron chi connectivity index (χ0n) is 18.9. The summed E-state index contributed by atoms with van der Waals surface area (Å²) in [5.41, 5.74) is 0.473. The number of ether oxygens (including phenoxy) is 2. The number of carbonyl (C=O) groups excluding carboxylic acids is 2. The normalized spacial score (nSPS) is 14.1. The number of aliphatic imine (C=N–C) groups is 1. The highest BCUT2D eigenvalue weighted by atomic mass is 127. The van der Waals surface area contributed by atoms with Crippen molar-refractivity contribution >= 4 is 41.9 Å². The number of nitrogens with zero attached hydrogens (tertiary/aromatic N) is 2. The van der Waals surface area contributed by atoms with Gasteiger partial charge < -0.3 is 30.3 Å². The van der Waals surface area contributed by atoms with Crippen molar-refractivity contribution in [3.8, 4) is 5.75 Å². The molecule has 31 heavy (non-hydrogen) atoms. The number of hydrogen-bond acceptors (Lipinski definition) is 5. The van der Waals surface area contributed by atoms with Gasteiger partial charge in [-0.05, 0) is 45.4 Å². The molecule has 10 heteroatoms. The van der Waals surface area contributed by atoms with Crippen molar-refractivity contribution in [2.75, 3.05) is 33.3 Å². The summed E-state index contributed by atoms with van der Waals surface area (Å²) < 4.78 is 10.5. The number of rotatable bonds is 7. The SMILES string of the molecule is CCNC(=NCC(=O)NCc1ccc(OC)cc1)NC1CN(C(=O)OC(C)(C)C)C1.I. The third-order valence-electron chi connectivity index (χ3n) is 4.25. The van der Waals surface area contributed by atoms with Crippen LogP contribution in [0.5, 0.6) is 5.75 Å². The molecule has 0 aliphatic carbocycles. The Morgan fingerprint density at radius 2 is 1.81 bits per heavy atom. The fourth-order valence-electron chi connectivity index (χ4n) is 2.71. The fraction of sp³-hybridized carbons (Fsp3) is 0.571. The van der Waals surface area contributed by atoms with Crippen LogP contribution in [-0.4, -0.2) is 67.8 Å². The summed E-state index contributed by atoms with van der Waals surface area (Å²) in [6.07, 6.45) is -0.319. The first-order valence-corrected chi connectivity index (χ1v) is 10.1. The van der Waals surface area contributed by atoms with Crippen LogP contribution in [0.3, 0.4) is 0 Å². The van der Waals surface area contributed by atoms with Crippen molar-refractivity contribution in [2.45, 2.75) is 45.9 Å². The maximum Gasteiger partial charge on any atom is 0.410 e. The van der Waals surface area contributed by atoms with Crippen LogP contribution < -0.4 is 20.7 Å². The molecule has 3 N–H and O–H groups in total. The van der Waals surface area contributed by atoms with E-state index in [1.165, 1.54) is 0 Å². The van der Waals surface area contributed by atoms with E-state index in [9.17, 15) is 9.59 Å². The van der Waals surface area contributed by atoms with Gasteiger partial charge in [0.25, 0.3) is 0 Å². The van der Waals surface area contributed by atoms with Crippen molar-refractivity contribution in [3.63, 3.8) is 0 Å². The Morgan fingerprint density at radius 1 is 1.16 bits per heavy atom. The molecule has 174 valence electrons. The molecular weight excluding hydrogens is 513 g/mol. The molecule has 0 saturated carbocycles. The zero-order valence-corrected chi connectivity index (χ0v) is 21.2. The second-order valence-electron chi connectivity index (χ2n) is 8.05. The summed E-state index contributed by atoms with van der Waals surface area (Å²) in [7, 11) is 1.61. The topological polar surface area (TPSA) is 104 Å². The van der Waals surface area contributed by atoms with Gasteiger partial charge >= 0.3 is 6.09 Å². The van der Waals surface area contributed by atoms with Gasteiger partial charge in [-0.3, -0.25) is 4.79 Å². The first-order chi connectivity index (χ1) is 14.2. The lowest BCUT2D eigenvalue weighted by molar-refractivity contribution is -0.119. The molecule has 1 fully saturated rings. The standard InChI is InChI=1S/C21H33N5O4.HI/c1-6-22-19(25-16-13-26(14-16)20(28)30-21(2,3)4)24-12-18(27)23-11-15-7-9-17(29-5)10-8-15;/h7-10,16H,6,11-14H2,1-5H3,(H,23,27)(H2,22,24,25);1H. The number of nitrogens with one attached hydrogen (secondary N) is 3. The van der Waals surface area contributed by atoms with Gasteiger partial charge in [-0.1, -0.05) is 12.1 Å². The summed E-state index contributed by atoms with van der Waals surface area (Å²) in [6.45, 7) is 9.65. The van der Waals surface area contributed by atoms with Crippen LogP contribution in [0, 0.1) is 0 Å². The van der Waals surface area contributed by atoms with E-state index >= 15 is 0 Å². The molecule has 0 spiro atoms. The maximum absolute atomic E-state index is 12.1. The van der Waals surface area contributed by atoms with Crippen LogP contribution in [0.2, 0.25) is 0 Å². The lowest BCUT2D eigenvalue weighted by Crippen LogP contribution is -2.63. The molecule has 1 aliphatic rings. The molecule has 0 unspecified atom stereocenters. The second-order valence-corrected chi connectivity index (χ2v) is 8.05. The maximum atomic E-state index is 12.1. The summed E-state index contributed by atoms with van der Waals surface area (Å²) in [5, 5.41) is 9.20. The van der Waals surface area contributed by atoms with E-state index in [0.29, 0.717) is 32.1 Å². The minimum absolute atomic E-state index is 0. The van der Waals surface area contributed by atoms with Crippen molar-refractivity contribution in [1.82, 2.24) is 20.9 Å². The highest BCUT2D eigenvalue weighted by molar-refractivity contribution is 14.0. The van der Waals surface area contributed by atoms with Gasteiger partial charge in [0.05, 0.1) is 13.2 Å². The molecule has 2 amide bonds. The van der Waals surface area contributed by atoms with E-state index in [0.717, 1.165) is 11.3 Å². The number of benzene rings is 1. The fourth-order valence-corrected chi connectivity index (χ4v) is 2.71. The van der Waals surface area contributed by atoms with Gasteiger partial charge in [0, 0.05) is 26.2 Å². The Labute approximate surface area is 201 Å². The van der Waals surface area contributed by atoms with E-state index < -0.39 is 5.60 Å². The number of hydrogen-bond donors (Lipinski definition) is 3. The highest BCUT2D eigenvalue weighted by Crippen LogP contribution is 2.15. The molecule has 0 bridgehead atoms. The number of carbonyl (C=O) groups is 2. The van der Waals surface area contributed by atoms with Crippen molar-refractivity contribution in [2.24, 2.45) is 4.99 Å². The van der Waals surface area contributed by atoms with E-state index in [2.05, 4.69) is 20.9 Å². The third-order valence-corrected chi connectivity index (χ3v) is 4.25. The quantitative estimate of drug-likeness (QED) is 0.275. The Kier molecular flexibility index (Phi) is 10.9. The molecule has 1 aliphatic heterocycles. The molecule has 1 aromatic carbocycles. The average Bonchev–Trinajstić information content (AvgIpc) is 2.65. The van der Waals surface area contributed by atoms with E-state index in [4.69, 9.17) is 9.47 Å². The molecule has 0 aromatic heterocycles. The lowest BCUT2D eigenvalue weighted by Gasteiger charge is -2.40. The van der Waals surface area contributed by atoms with Crippen molar-refractivity contribution < 1.29 is 19.1 Å². The highest BCUT2D eigenvalue weighted by Gasteiger charge is 2.34. The molecule has 1 heterocycles. The van der Waals surface area contributed by atoms with Gasteiger partial charge in [0.15, 0.2) is 5.96 Å². The molecule has 0 radical (unpaired) electrons. The Morgan fingerprint density at radius 3 is 2.35 bits per heavy atom. The predicted octanol–water partition coefficient (Wildman–Crippen LogP) is 2.10. The van der Waals surface area contributed by atoms with Gasteiger partial charge in [-0.2, -0.15) is 0 Å². The predicted molar refractivity (Wildman–Crippen MR) is 131 cm³/mol. The number of amides is 2. The molecular formula is C21H34IN5O4. The van der Waals surface area contributed by atoms with Gasteiger partial charge in [0.1, 0.15) is 17.9 Å². The zero-order chi connectivity index (χ0) is 22.1. The second kappa shape index (κ2) is 12.6. The van der Waals surface area contributed by atoms with Crippen LogP contribution in [0.1, 0.15) is 33.3 Å². The number of likely N-dealkylation sites (tertiary alicyclic amines) is 1. The van der Waals surface area contributed by atoms with Gasteiger partial charge in [-0.15, -0.1) is 24.0 Å². The summed E-state index contributed by atoms with van der Waals surface area (Å²) in [5.74, 6) is 1.15. The van der Waals surface area contributed by atoms with E-state index in [1.807, 2.05) is 52.0 Å². The third kappa shape index (κ3) is 9.62. The number of methoxy groups -OCH3 is 1. The van der Waals surface area contributed by atoms with Crippen molar-refractivity contribution in [1.29, 1.82) is 0 Å². The minimum Gasteiger partial charge on any atom is -0.497 e. The monoisotopic (exact) mass is 547 g/mol. The first-order valence-electron chi connectivity index (χ1n) is 10.1. The summed E-state index contributed by atoms with van der Waals surface area (Å²) in [4.78, 5) is 30.1. The van der Waals surface area contributed by atoms with E-state index in [-0.39, 0.29) is 48.6 Å². The number of guanidine groups is 1. The summed E-state index contributed by atoms with van der Waals surface area (Å²) in [6, 6.07) is 7.58. The first kappa shape index (κ1) is 26.8. The average molecular weight is 547 g/mol. The molecule has 2 rings (SSSR count). The van der Waals surface area contributed by atoms with Crippen LogP contribution in [0.25, 0.3) is 0 Å². The van der Waals surface area contributed by atoms with Crippen LogP contribution in [-0.2, 0) is 16.1 Å². The number of halogens is 1.